The highest BCUT2D eigenvalue weighted by Crippen LogP contribution is 2.30. The Morgan fingerprint density at radius 2 is 1.93 bits per heavy atom. The van der Waals surface area contributed by atoms with E-state index >= 15 is 0 Å². The van der Waals surface area contributed by atoms with E-state index in [4.69, 9.17) is 11.6 Å². The van der Waals surface area contributed by atoms with Crippen LogP contribution < -0.4 is 9.62 Å². The van der Waals surface area contributed by atoms with Gasteiger partial charge in [0, 0.05) is 4.90 Å². The van der Waals surface area contributed by atoms with Crippen molar-refractivity contribution in [3.05, 3.63) is 53.3 Å². The predicted octanol–water partition coefficient (Wildman–Crippen LogP) is 4.77. The number of carbonyl (C=O) groups excluding carboxylic acids is 1. The Balaban J connectivity index is 2.41. The molecule has 2 aromatic carbocycles. The van der Waals surface area contributed by atoms with Gasteiger partial charge in [0.05, 0.1) is 22.7 Å². The number of para-hydroxylation sites is 1. The van der Waals surface area contributed by atoms with Crippen molar-refractivity contribution in [1.82, 2.24) is 0 Å². The van der Waals surface area contributed by atoms with Crippen molar-refractivity contribution in [2.75, 3.05) is 21.6 Å². The summed E-state index contributed by atoms with van der Waals surface area (Å²) in [5.41, 5.74) is 0.746. The smallest absolute Gasteiger partial charge is 0.248 e. The summed E-state index contributed by atoms with van der Waals surface area (Å²) in [4.78, 5) is 13.9. The van der Waals surface area contributed by atoms with E-state index < -0.39 is 27.8 Å². The van der Waals surface area contributed by atoms with Crippen LogP contribution in [0, 0.1) is 5.82 Å². The Morgan fingerprint density at radius 3 is 2.50 bits per heavy atom. The minimum absolute atomic E-state index is 0.132. The van der Waals surface area contributed by atoms with Crippen molar-refractivity contribution in [3.63, 3.8) is 0 Å². The molecule has 0 saturated carbocycles. The van der Waals surface area contributed by atoms with Gasteiger partial charge in [-0.2, -0.15) is 0 Å². The summed E-state index contributed by atoms with van der Waals surface area (Å²) >= 11 is 7.39. The third kappa shape index (κ3) is 5.40. The van der Waals surface area contributed by atoms with Crippen LogP contribution in [0.4, 0.5) is 15.8 Å². The quantitative estimate of drug-likeness (QED) is 0.595. The average molecular weight is 445 g/mol. The number of anilines is 2. The van der Waals surface area contributed by atoms with Gasteiger partial charge in [0.1, 0.15) is 11.9 Å². The van der Waals surface area contributed by atoms with Gasteiger partial charge in [0.25, 0.3) is 0 Å². The van der Waals surface area contributed by atoms with Gasteiger partial charge in [-0.25, -0.2) is 12.8 Å². The van der Waals surface area contributed by atoms with Gasteiger partial charge < -0.3 is 5.32 Å². The molecule has 0 aromatic heterocycles. The van der Waals surface area contributed by atoms with Gasteiger partial charge in [-0.15, -0.1) is 11.8 Å². The van der Waals surface area contributed by atoms with Crippen molar-refractivity contribution in [1.29, 1.82) is 0 Å². The molecule has 0 saturated heterocycles. The molecule has 1 amide bonds. The van der Waals surface area contributed by atoms with Crippen LogP contribution in [-0.2, 0) is 14.8 Å². The highest BCUT2D eigenvalue weighted by atomic mass is 35.5. The number of hydrogen-bond acceptors (Lipinski definition) is 4. The zero-order valence-electron chi connectivity index (χ0n) is 15.8. The first kappa shape index (κ1) is 22.5. The number of hydrogen-bond donors (Lipinski definition) is 1. The molecule has 0 aliphatic rings. The van der Waals surface area contributed by atoms with Gasteiger partial charge in [0.2, 0.25) is 15.9 Å². The second kappa shape index (κ2) is 9.62. The van der Waals surface area contributed by atoms with E-state index in [0.717, 1.165) is 27.3 Å². The molecule has 0 spiro atoms. The van der Waals surface area contributed by atoms with Crippen LogP contribution in [0.15, 0.2) is 47.4 Å². The first-order valence-electron chi connectivity index (χ1n) is 8.66. The topological polar surface area (TPSA) is 66.5 Å². The standard InChI is InChI=1S/C19H22ClFN2O3S2/c1-4-17(19(24)22-16-8-6-7-9-18(16)27-5-2)23(28(3,25)26)13-10-11-15(21)14(20)12-13/h6-12,17H,4-5H2,1-3H3,(H,22,24)/t17-/m1/s1. The molecule has 0 aliphatic carbocycles. The van der Waals surface area contributed by atoms with Crippen LogP contribution in [0.1, 0.15) is 20.3 Å². The zero-order chi connectivity index (χ0) is 20.9. The zero-order valence-corrected chi connectivity index (χ0v) is 18.2. The van der Waals surface area contributed by atoms with Crippen LogP contribution in [0.2, 0.25) is 5.02 Å². The summed E-state index contributed by atoms with van der Waals surface area (Å²) in [6, 6.07) is 9.87. The van der Waals surface area contributed by atoms with Gasteiger partial charge >= 0.3 is 0 Å². The van der Waals surface area contributed by atoms with E-state index in [-0.39, 0.29) is 17.1 Å². The maximum Gasteiger partial charge on any atom is 0.248 e. The summed E-state index contributed by atoms with van der Waals surface area (Å²) in [6.45, 7) is 3.71. The molecule has 0 bridgehead atoms. The molecule has 9 heteroatoms. The highest BCUT2D eigenvalue weighted by molar-refractivity contribution is 7.99. The van der Waals surface area contributed by atoms with Gasteiger partial charge in [-0.05, 0) is 42.5 Å². The number of nitrogens with one attached hydrogen (secondary N) is 1. The van der Waals surface area contributed by atoms with E-state index in [1.165, 1.54) is 12.1 Å². The summed E-state index contributed by atoms with van der Waals surface area (Å²) in [5.74, 6) is -0.312. The van der Waals surface area contributed by atoms with E-state index in [1.54, 1.807) is 30.8 Å². The molecular weight excluding hydrogens is 423 g/mol. The van der Waals surface area contributed by atoms with Crippen LogP contribution >= 0.6 is 23.4 Å². The van der Waals surface area contributed by atoms with Crippen LogP contribution in [0.5, 0.6) is 0 Å². The van der Waals surface area contributed by atoms with Crippen LogP contribution in [-0.4, -0.2) is 32.4 Å². The number of thioether (sulfide) groups is 1. The van der Waals surface area contributed by atoms with Crippen molar-refractivity contribution in [3.8, 4) is 0 Å². The monoisotopic (exact) mass is 444 g/mol. The number of carbonyl (C=O) groups is 1. The fraction of sp³-hybridized carbons (Fsp3) is 0.316. The molecule has 0 unspecified atom stereocenters. The minimum atomic E-state index is -3.83. The molecule has 0 aliphatic heterocycles. The molecule has 0 fully saturated rings. The highest BCUT2D eigenvalue weighted by Gasteiger charge is 2.32. The van der Waals surface area contributed by atoms with E-state index in [2.05, 4.69) is 5.32 Å². The van der Waals surface area contributed by atoms with Crippen molar-refractivity contribution >= 4 is 50.7 Å². The molecule has 2 aromatic rings. The van der Waals surface area contributed by atoms with Crippen LogP contribution in [0.25, 0.3) is 0 Å². The summed E-state index contributed by atoms with van der Waals surface area (Å²) in [6.07, 6.45) is 1.22. The minimum Gasteiger partial charge on any atom is -0.323 e. The Bertz CT molecular complexity index is 954. The lowest BCUT2D eigenvalue weighted by molar-refractivity contribution is -0.117. The van der Waals surface area contributed by atoms with Crippen molar-refractivity contribution < 1.29 is 17.6 Å². The maximum atomic E-state index is 13.5. The number of rotatable bonds is 8. The largest absolute Gasteiger partial charge is 0.323 e. The maximum absolute atomic E-state index is 13.5. The molecular formula is C19H22ClFN2O3S2. The molecule has 28 heavy (non-hydrogen) atoms. The van der Waals surface area contributed by atoms with Gasteiger partial charge in [-0.3, -0.25) is 9.10 Å². The number of nitrogens with zero attached hydrogens (tertiary/aromatic N) is 1. The number of sulfonamides is 1. The molecule has 0 radical (unpaired) electrons. The lowest BCUT2D eigenvalue weighted by Gasteiger charge is -2.30. The second-order valence-electron chi connectivity index (χ2n) is 6.00. The molecule has 2 rings (SSSR count). The fourth-order valence-corrected chi connectivity index (χ4v) is 4.89. The van der Waals surface area contributed by atoms with Gasteiger partial charge in [-0.1, -0.05) is 37.6 Å². The molecule has 0 heterocycles. The lowest BCUT2D eigenvalue weighted by Crippen LogP contribution is -2.47. The summed E-state index contributed by atoms with van der Waals surface area (Å²) in [7, 11) is -3.83. The Kier molecular flexibility index (Phi) is 7.74. The van der Waals surface area contributed by atoms with E-state index in [1.807, 2.05) is 19.1 Å². The fourth-order valence-electron chi connectivity index (χ4n) is 2.75. The lowest BCUT2D eigenvalue weighted by atomic mass is 10.1. The summed E-state index contributed by atoms with van der Waals surface area (Å²) < 4.78 is 39.4. The third-order valence-corrected chi connectivity index (χ3v) is 6.36. The number of amides is 1. The predicted molar refractivity (Wildman–Crippen MR) is 114 cm³/mol. The average Bonchev–Trinajstić information content (AvgIpc) is 2.62. The second-order valence-corrected chi connectivity index (χ2v) is 9.57. The van der Waals surface area contributed by atoms with Crippen LogP contribution in [0.3, 0.4) is 0 Å². The SMILES string of the molecule is CCSc1ccccc1NC(=O)[C@@H](CC)N(c1ccc(F)c(Cl)c1)S(C)(=O)=O. The third-order valence-electron chi connectivity index (χ3n) is 3.93. The van der Waals surface area contributed by atoms with Crippen molar-refractivity contribution in [2.45, 2.75) is 31.2 Å². The molecule has 1 atom stereocenters. The summed E-state index contributed by atoms with van der Waals surface area (Å²) in [5, 5.41) is 2.61. The molecule has 152 valence electrons. The Labute approximate surface area is 174 Å². The normalized spacial score (nSPS) is 12.5. The van der Waals surface area contributed by atoms with Crippen molar-refractivity contribution in [2.24, 2.45) is 0 Å². The van der Waals surface area contributed by atoms with Gasteiger partial charge in [0.15, 0.2) is 0 Å². The Morgan fingerprint density at radius 1 is 1.25 bits per heavy atom. The molecule has 1 N–H and O–H groups in total. The first-order valence-corrected chi connectivity index (χ1v) is 11.9. The first-order chi connectivity index (χ1) is 13.2. The Hall–Kier alpha value is -1.77. The number of halogens is 2. The van der Waals surface area contributed by atoms with E-state index in [9.17, 15) is 17.6 Å². The van der Waals surface area contributed by atoms with E-state index in [0.29, 0.717) is 5.69 Å². The molecule has 5 nitrogen and oxygen atoms in total. The number of benzene rings is 2.